The summed E-state index contributed by atoms with van der Waals surface area (Å²) < 4.78 is 23.1. The number of methoxy groups -OCH3 is 3. The fourth-order valence-electron chi connectivity index (χ4n) is 3.21. The Kier molecular flexibility index (Phi) is 10.5. The van der Waals surface area contributed by atoms with Gasteiger partial charge in [-0.2, -0.15) is 0 Å². The highest BCUT2D eigenvalue weighted by atomic mass is 35.5. The summed E-state index contributed by atoms with van der Waals surface area (Å²) in [6.07, 6.45) is 7.03. The highest BCUT2D eigenvalue weighted by Crippen LogP contribution is 2.51. The number of hydrogen-bond donors (Lipinski definition) is 0. The summed E-state index contributed by atoms with van der Waals surface area (Å²) in [7, 11) is 4.73. The van der Waals surface area contributed by atoms with Gasteiger partial charge in [0.15, 0.2) is 11.5 Å². The summed E-state index contributed by atoms with van der Waals surface area (Å²) in [6, 6.07) is 0. The average molecular weight is 421 g/mol. The first-order chi connectivity index (χ1) is 12.9. The first-order valence-electron chi connectivity index (χ1n) is 9.55. The van der Waals surface area contributed by atoms with E-state index in [-0.39, 0.29) is 17.4 Å². The Hall–Kier alpha value is -1.00. The summed E-state index contributed by atoms with van der Waals surface area (Å²) in [4.78, 5) is 0. The maximum absolute atomic E-state index is 6.43. The number of benzene rings is 1. The van der Waals surface area contributed by atoms with Gasteiger partial charge in [0.05, 0.1) is 33.1 Å². The molecule has 0 N–H and O–H groups in total. The van der Waals surface area contributed by atoms with Gasteiger partial charge in [0, 0.05) is 11.1 Å². The molecule has 0 aliphatic heterocycles. The predicted octanol–water partition coefficient (Wildman–Crippen LogP) is 6.71. The molecule has 0 atom stereocenters. The SMILES string of the molecule is CCCCCCCC(C)(C)Oc1c(CCl)c(CCl)c(OC)c(OC)c1OC. The number of hydrogen-bond acceptors (Lipinski definition) is 4. The average Bonchev–Trinajstić information content (AvgIpc) is 2.65. The van der Waals surface area contributed by atoms with E-state index in [1.54, 1.807) is 21.3 Å². The third-order valence-electron chi connectivity index (χ3n) is 4.67. The molecule has 0 aliphatic rings. The molecule has 4 nitrogen and oxygen atoms in total. The zero-order chi connectivity index (χ0) is 20.4. The second-order valence-electron chi connectivity index (χ2n) is 7.18. The molecule has 0 aliphatic carbocycles. The maximum Gasteiger partial charge on any atom is 0.207 e. The largest absolute Gasteiger partial charge is 0.492 e. The van der Waals surface area contributed by atoms with Crippen molar-refractivity contribution in [1.82, 2.24) is 0 Å². The molecule has 156 valence electrons. The molecular formula is C21H34Cl2O4. The van der Waals surface area contributed by atoms with Gasteiger partial charge in [-0.05, 0) is 26.7 Å². The summed E-state index contributed by atoms with van der Waals surface area (Å²) in [5.74, 6) is 2.54. The number of alkyl halides is 2. The molecule has 0 bridgehead atoms. The van der Waals surface area contributed by atoms with Crippen LogP contribution in [0.15, 0.2) is 0 Å². The molecule has 1 aromatic rings. The number of rotatable bonds is 13. The minimum absolute atomic E-state index is 0.236. The third-order valence-corrected chi connectivity index (χ3v) is 5.21. The standard InChI is InChI=1S/C21H34Cl2O4/c1-7-8-9-10-11-12-21(2,3)27-18-16(14-23)15(13-22)17(24-4)19(25-5)20(18)26-6/h7-14H2,1-6H3. The van der Waals surface area contributed by atoms with Gasteiger partial charge in [-0.25, -0.2) is 0 Å². The zero-order valence-corrected chi connectivity index (χ0v) is 19.1. The molecule has 1 rings (SSSR count). The van der Waals surface area contributed by atoms with E-state index in [2.05, 4.69) is 20.8 Å². The van der Waals surface area contributed by atoms with Crippen molar-refractivity contribution in [2.45, 2.75) is 76.7 Å². The van der Waals surface area contributed by atoms with Gasteiger partial charge in [-0.1, -0.05) is 32.6 Å². The van der Waals surface area contributed by atoms with Crippen molar-refractivity contribution in [3.05, 3.63) is 11.1 Å². The lowest BCUT2D eigenvalue weighted by atomic mass is 9.98. The van der Waals surface area contributed by atoms with Crippen LogP contribution >= 0.6 is 23.2 Å². The summed E-state index contributed by atoms with van der Waals surface area (Å²) in [5.41, 5.74) is 1.17. The van der Waals surface area contributed by atoms with Crippen LogP contribution in [0.4, 0.5) is 0 Å². The van der Waals surface area contributed by atoms with Gasteiger partial charge in [0.1, 0.15) is 5.60 Å². The first-order valence-corrected chi connectivity index (χ1v) is 10.6. The van der Waals surface area contributed by atoms with Crippen LogP contribution in [0.5, 0.6) is 23.0 Å². The molecule has 0 radical (unpaired) electrons. The molecule has 27 heavy (non-hydrogen) atoms. The van der Waals surface area contributed by atoms with Gasteiger partial charge in [0.25, 0.3) is 0 Å². The number of ether oxygens (including phenoxy) is 4. The second-order valence-corrected chi connectivity index (χ2v) is 7.71. The van der Waals surface area contributed by atoms with Crippen LogP contribution in [0.25, 0.3) is 0 Å². The highest BCUT2D eigenvalue weighted by molar-refractivity contribution is 6.19. The molecule has 0 fully saturated rings. The van der Waals surface area contributed by atoms with Crippen LogP contribution < -0.4 is 18.9 Å². The molecule has 0 aromatic heterocycles. The fourth-order valence-corrected chi connectivity index (χ4v) is 3.78. The van der Waals surface area contributed by atoms with Gasteiger partial charge >= 0.3 is 0 Å². The minimum atomic E-state index is -0.372. The Morgan fingerprint density at radius 1 is 0.704 bits per heavy atom. The quantitative estimate of drug-likeness (QED) is 0.262. The van der Waals surface area contributed by atoms with Crippen LogP contribution in [-0.4, -0.2) is 26.9 Å². The van der Waals surface area contributed by atoms with Crippen LogP contribution in [0, 0.1) is 0 Å². The van der Waals surface area contributed by atoms with Crippen molar-refractivity contribution in [3.8, 4) is 23.0 Å². The molecule has 0 unspecified atom stereocenters. The molecule has 0 saturated heterocycles. The van der Waals surface area contributed by atoms with Gasteiger partial charge in [-0.15, -0.1) is 23.2 Å². The van der Waals surface area contributed by atoms with E-state index in [1.165, 1.54) is 25.7 Å². The lowest BCUT2D eigenvalue weighted by molar-refractivity contribution is 0.0900. The lowest BCUT2D eigenvalue weighted by Gasteiger charge is -2.30. The Balaban J connectivity index is 3.24. The first kappa shape index (κ1) is 24.0. The molecule has 6 heteroatoms. The minimum Gasteiger partial charge on any atom is -0.492 e. The van der Waals surface area contributed by atoms with Gasteiger partial charge in [0.2, 0.25) is 11.5 Å². The van der Waals surface area contributed by atoms with E-state index in [4.69, 9.17) is 42.1 Å². The van der Waals surface area contributed by atoms with E-state index in [9.17, 15) is 0 Å². The molecule has 1 aromatic carbocycles. The molecular weight excluding hydrogens is 387 g/mol. The van der Waals surface area contributed by atoms with Crippen LogP contribution in [0.2, 0.25) is 0 Å². The summed E-state index contributed by atoms with van der Waals surface area (Å²) in [6.45, 7) is 6.39. The van der Waals surface area contributed by atoms with Crippen molar-refractivity contribution in [1.29, 1.82) is 0 Å². The second kappa shape index (κ2) is 11.8. The van der Waals surface area contributed by atoms with Crippen LogP contribution in [-0.2, 0) is 11.8 Å². The van der Waals surface area contributed by atoms with Crippen LogP contribution in [0.1, 0.15) is 70.4 Å². The van der Waals surface area contributed by atoms with Crippen molar-refractivity contribution >= 4 is 23.2 Å². The van der Waals surface area contributed by atoms with Gasteiger partial charge < -0.3 is 18.9 Å². The van der Waals surface area contributed by atoms with E-state index in [1.807, 2.05) is 0 Å². The van der Waals surface area contributed by atoms with Gasteiger partial charge in [-0.3, -0.25) is 0 Å². The summed E-state index contributed by atoms with van der Waals surface area (Å²) >= 11 is 12.5. The van der Waals surface area contributed by atoms with E-state index in [0.717, 1.165) is 24.0 Å². The normalized spacial score (nSPS) is 11.4. The monoisotopic (exact) mass is 420 g/mol. The third kappa shape index (κ3) is 6.25. The van der Waals surface area contributed by atoms with E-state index in [0.29, 0.717) is 23.0 Å². The predicted molar refractivity (Wildman–Crippen MR) is 113 cm³/mol. The summed E-state index contributed by atoms with van der Waals surface area (Å²) in [5, 5.41) is 0. The Labute approximate surface area is 174 Å². The van der Waals surface area contributed by atoms with E-state index < -0.39 is 0 Å². The van der Waals surface area contributed by atoms with Crippen molar-refractivity contribution < 1.29 is 18.9 Å². The number of unbranched alkanes of at least 4 members (excludes halogenated alkanes) is 4. The molecule has 0 heterocycles. The Bertz CT molecular complexity index is 555. The fraction of sp³-hybridized carbons (Fsp3) is 0.714. The maximum atomic E-state index is 6.43. The Morgan fingerprint density at radius 3 is 1.67 bits per heavy atom. The topological polar surface area (TPSA) is 36.9 Å². The van der Waals surface area contributed by atoms with Crippen molar-refractivity contribution in [2.75, 3.05) is 21.3 Å². The molecule has 0 saturated carbocycles. The van der Waals surface area contributed by atoms with E-state index >= 15 is 0 Å². The number of halogens is 2. The van der Waals surface area contributed by atoms with Crippen LogP contribution in [0.3, 0.4) is 0 Å². The smallest absolute Gasteiger partial charge is 0.207 e. The highest BCUT2D eigenvalue weighted by Gasteiger charge is 2.30. The van der Waals surface area contributed by atoms with Crippen molar-refractivity contribution in [3.63, 3.8) is 0 Å². The van der Waals surface area contributed by atoms with Crippen molar-refractivity contribution in [2.24, 2.45) is 0 Å². The molecule has 0 spiro atoms. The molecule has 0 amide bonds. The lowest BCUT2D eigenvalue weighted by Crippen LogP contribution is -2.29. The Morgan fingerprint density at radius 2 is 1.19 bits per heavy atom. The zero-order valence-electron chi connectivity index (χ0n) is 17.5.